The summed E-state index contributed by atoms with van der Waals surface area (Å²) < 4.78 is 11.4. The van der Waals surface area contributed by atoms with Crippen LogP contribution in [0.4, 0.5) is 4.79 Å². The molecule has 1 aromatic carbocycles. The fraction of sp³-hybridized carbons (Fsp3) is 0.571. The average Bonchev–Trinajstić information content (AvgIpc) is 3.19. The van der Waals surface area contributed by atoms with E-state index in [2.05, 4.69) is 10.6 Å². The molecule has 2 N–H and O–H groups in total. The van der Waals surface area contributed by atoms with Gasteiger partial charge in [0.2, 0.25) is 5.91 Å². The van der Waals surface area contributed by atoms with Crippen molar-refractivity contribution in [3.8, 4) is 11.5 Å². The minimum atomic E-state index is -1.27. The first-order chi connectivity index (χ1) is 13.9. The van der Waals surface area contributed by atoms with E-state index in [0.717, 1.165) is 37.0 Å². The Hall–Kier alpha value is -2.77. The molecule has 3 aliphatic rings. The van der Waals surface area contributed by atoms with Gasteiger partial charge in [-0.3, -0.25) is 9.59 Å². The van der Waals surface area contributed by atoms with E-state index in [-0.39, 0.29) is 11.9 Å². The Morgan fingerprint density at radius 2 is 1.86 bits per heavy atom. The molecule has 1 saturated heterocycles. The minimum Gasteiger partial charge on any atom is -0.490 e. The Labute approximate surface area is 169 Å². The molecule has 0 radical (unpaired) electrons. The van der Waals surface area contributed by atoms with Crippen molar-refractivity contribution in [1.29, 1.82) is 0 Å². The normalized spacial score (nSPS) is 25.5. The molecule has 2 atom stereocenters. The van der Waals surface area contributed by atoms with Crippen molar-refractivity contribution in [3.05, 3.63) is 23.8 Å². The van der Waals surface area contributed by atoms with Crippen molar-refractivity contribution < 1.29 is 23.9 Å². The summed E-state index contributed by atoms with van der Waals surface area (Å²) in [5, 5.41) is 5.72. The van der Waals surface area contributed by atoms with E-state index in [1.807, 2.05) is 0 Å². The first kappa shape index (κ1) is 19.5. The van der Waals surface area contributed by atoms with Crippen molar-refractivity contribution in [3.63, 3.8) is 0 Å². The number of hydrogen-bond acceptors (Lipinski definition) is 5. The summed E-state index contributed by atoms with van der Waals surface area (Å²) in [4.78, 5) is 39.6. The zero-order valence-corrected chi connectivity index (χ0v) is 16.8. The largest absolute Gasteiger partial charge is 0.490 e. The summed E-state index contributed by atoms with van der Waals surface area (Å²) in [6, 6.07) is 3.90. The quantitative estimate of drug-likeness (QED) is 0.753. The molecule has 4 amide bonds. The summed E-state index contributed by atoms with van der Waals surface area (Å²) in [5.41, 5.74) is -0.685. The Morgan fingerprint density at radius 1 is 1.17 bits per heavy atom. The third-order valence-corrected chi connectivity index (χ3v) is 6.02. The third-order valence-electron chi connectivity index (χ3n) is 6.02. The van der Waals surface area contributed by atoms with Crippen LogP contribution in [0.1, 0.15) is 51.5 Å². The molecule has 2 heterocycles. The van der Waals surface area contributed by atoms with Crippen LogP contribution in [0, 0.1) is 0 Å². The van der Waals surface area contributed by atoms with Crippen molar-refractivity contribution in [2.75, 3.05) is 13.2 Å². The van der Waals surface area contributed by atoms with E-state index < -0.39 is 23.5 Å². The van der Waals surface area contributed by atoms with Crippen LogP contribution in [0.2, 0.25) is 0 Å². The molecule has 156 valence electrons. The van der Waals surface area contributed by atoms with Gasteiger partial charge in [-0.1, -0.05) is 18.9 Å². The standard InChI is InChI=1S/C21H27N3O5/c1-13(18(25)22-15-6-3-4-7-15)24-19(26)21(2,23-20(24)27)14-8-9-16-17(12-14)29-11-5-10-28-16/h8-9,12-13,15H,3-7,10-11H2,1-2H3,(H,22,25)(H,23,27)/t13-,21-/m1/s1. The predicted molar refractivity (Wildman–Crippen MR) is 105 cm³/mol. The zero-order valence-electron chi connectivity index (χ0n) is 16.8. The lowest BCUT2D eigenvalue weighted by atomic mass is 9.91. The van der Waals surface area contributed by atoms with Gasteiger partial charge in [-0.15, -0.1) is 0 Å². The van der Waals surface area contributed by atoms with Gasteiger partial charge in [0, 0.05) is 12.5 Å². The number of imide groups is 1. The Morgan fingerprint density at radius 3 is 2.59 bits per heavy atom. The van der Waals surface area contributed by atoms with Gasteiger partial charge in [0.15, 0.2) is 11.5 Å². The lowest BCUT2D eigenvalue weighted by molar-refractivity contribution is -0.138. The van der Waals surface area contributed by atoms with E-state index >= 15 is 0 Å². The number of benzene rings is 1. The SMILES string of the molecule is C[C@H](C(=O)NC1CCCC1)N1C(=O)N[C@](C)(c2ccc3c(c2)OCCCO3)C1=O. The van der Waals surface area contributed by atoms with Crippen molar-refractivity contribution in [2.24, 2.45) is 0 Å². The summed E-state index contributed by atoms with van der Waals surface area (Å²) in [7, 11) is 0. The average molecular weight is 401 g/mol. The number of carbonyl (C=O) groups excluding carboxylic acids is 3. The fourth-order valence-corrected chi connectivity index (χ4v) is 4.19. The second-order valence-electron chi connectivity index (χ2n) is 8.11. The van der Waals surface area contributed by atoms with Gasteiger partial charge in [-0.2, -0.15) is 0 Å². The number of urea groups is 1. The maximum Gasteiger partial charge on any atom is 0.326 e. The van der Waals surface area contributed by atoms with E-state index in [0.29, 0.717) is 30.3 Å². The van der Waals surface area contributed by atoms with Crippen LogP contribution in [-0.2, 0) is 15.1 Å². The van der Waals surface area contributed by atoms with E-state index in [9.17, 15) is 14.4 Å². The highest BCUT2D eigenvalue weighted by Crippen LogP contribution is 2.37. The van der Waals surface area contributed by atoms with Crippen LogP contribution < -0.4 is 20.1 Å². The lowest BCUT2D eigenvalue weighted by Gasteiger charge is -2.26. The highest BCUT2D eigenvalue weighted by molar-refractivity contribution is 6.10. The van der Waals surface area contributed by atoms with Crippen molar-refractivity contribution in [1.82, 2.24) is 15.5 Å². The number of ether oxygens (including phenoxy) is 2. The monoisotopic (exact) mass is 401 g/mol. The van der Waals surface area contributed by atoms with Crippen LogP contribution >= 0.6 is 0 Å². The van der Waals surface area contributed by atoms with Gasteiger partial charge < -0.3 is 20.1 Å². The lowest BCUT2D eigenvalue weighted by Crippen LogP contribution is -2.51. The molecule has 2 fully saturated rings. The highest BCUT2D eigenvalue weighted by atomic mass is 16.5. The highest BCUT2D eigenvalue weighted by Gasteiger charge is 2.52. The van der Waals surface area contributed by atoms with Gasteiger partial charge in [-0.05, 0) is 44.4 Å². The van der Waals surface area contributed by atoms with Crippen molar-refractivity contribution in [2.45, 2.75) is 63.6 Å². The van der Waals surface area contributed by atoms with Gasteiger partial charge in [-0.25, -0.2) is 9.69 Å². The molecular weight excluding hydrogens is 374 g/mol. The van der Waals surface area contributed by atoms with Crippen molar-refractivity contribution >= 4 is 17.8 Å². The Bertz CT molecular complexity index is 836. The molecule has 0 aromatic heterocycles. The number of carbonyl (C=O) groups is 3. The maximum absolute atomic E-state index is 13.2. The summed E-state index contributed by atoms with van der Waals surface area (Å²) in [6.07, 6.45) is 4.83. The number of hydrogen-bond donors (Lipinski definition) is 2. The second-order valence-corrected chi connectivity index (χ2v) is 8.11. The summed E-state index contributed by atoms with van der Waals surface area (Å²) in [5.74, 6) is 0.413. The van der Waals surface area contributed by atoms with Crippen LogP contribution in [0.5, 0.6) is 11.5 Å². The molecule has 2 aliphatic heterocycles. The minimum absolute atomic E-state index is 0.124. The second kappa shape index (κ2) is 7.57. The van der Waals surface area contributed by atoms with Crippen LogP contribution in [-0.4, -0.2) is 48.0 Å². The molecule has 1 aromatic rings. The number of nitrogens with zero attached hydrogens (tertiary/aromatic N) is 1. The van der Waals surface area contributed by atoms with Gasteiger partial charge in [0.1, 0.15) is 11.6 Å². The van der Waals surface area contributed by atoms with Gasteiger partial charge >= 0.3 is 6.03 Å². The number of nitrogens with one attached hydrogen (secondary N) is 2. The van der Waals surface area contributed by atoms with E-state index in [4.69, 9.17) is 9.47 Å². The molecule has 0 bridgehead atoms. The van der Waals surface area contributed by atoms with Crippen LogP contribution in [0.3, 0.4) is 0 Å². The number of fused-ring (bicyclic) bond motifs is 1. The van der Waals surface area contributed by atoms with E-state index in [1.54, 1.807) is 32.0 Å². The van der Waals surface area contributed by atoms with Crippen LogP contribution in [0.15, 0.2) is 18.2 Å². The molecule has 8 heteroatoms. The molecule has 29 heavy (non-hydrogen) atoms. The summed E-state index contributed by atoms with van der Waals surface area (Å²) >= 11 is 0. The fourth-order valence-electron chi connectivity index (χ4n) is 4.19. The Kier molecular flexibility index (Phi) is 5.10. The first-order valence-corrected chi connectivity index (χ1v) is 10.3. The molecule has 1 saturated carbocycles. The molecule has 0 spiro atoms. The molecule has 1 aliphatic carbocycles. The topological polar surface area (TPSA) is 97.0 Å². The maximum atomic E-state index is 13.2. The Balaban J connectivity index is 1.55. The van der Waals surface area contributed by atoms with Gasteiger partial charge in [0.25, 0.3) is 5.91 Å². The molecular formula is C21H27N3O5. The van der Waals surface area contributed by atoms with E-state index in [1.165, 1.54) is 0 Å². The first-order valence-electron chi connectivity index (χ1n) is 10.3. The number of rotatable bonds is 4. The molecule has 0 unspecified atom stereocenters. The molecule has 8 nitrogen and oxygen atoms in total. The zero-order chi connectivity index (χ0) is 20.6. The summed E-state index contributed by atoms with van der Waals surface area (Å²) in [6.45, 7) is 4.33. The molecule has 4 rings (SSSR count). The predicted octanol–water partition coefficient (Wildman–Crippen LogP) is 2.06. The number of amides is 4. The smallest absolute Gasteiger partial charge is 0.326 e. The van der Waals surface area contributed by atoms with Crippen LogP contribution in [0.25, 0.3) is 0 Å². The van der Waals surface area contributed by atoms with Gasteiger partial charge in [0.05, 0.1) is 13.2 Å². The third kappa shape index (κ3) is 3.52.